The molecule has 1 heterocycles. The van der Waals surface area contributed by atoms with Crippen LogP contribution in [0.15, 0.2) is 60.7 Å². The fraction of sp³-hybridized carbons (Fsp3) is 0.0870. The van der Waals surface area contributed by atoms with Gasteiger partial charge in [0.15, 0.2) is 0 Å². The molecule has 0 fully saturated rings. The summed E-state index contributed by atoms with van der Waals surface area (Å²) in [5, 5.41) is 0. The third-order valence-corrected chi connectivity index (χ3v) is 5.00. The molecule has 0 spiro atoms. The van der Waals surface area contributed by atoms with Crippen LogP contribution in [0.1, 0.15) is 42.2 Å². The van der Waals surface area contributed by atoms with Crippen LogP contribution < -0.4 is 15.4 Å². The van der Waals surface area contributed by atoms with Gasteiger partial charge in [-0.2, -0.15) is 0 Å². The highest BCUT2D eigenvalue weighted by Crippen LogP contribution is 2.31. The summed E-state index contributed by atoms with van der Waals surface area (Å²) in [6.45, 7) is 3.92. The Bertz CT molecular complexity index is 1170. The van der Waals surface area contributed by atoms with Crippen LogP contribution in [0.5, 0.6) is 5.75 Å². The maximum atomic E-state index is 12.7. The Morgan fingerprint density at radius 1 is 0.897 bits per heavy atom. The molecule has 29 heavy (non-hydrogen) atoms. The summed E-state index contributed by atoms with van der Waals surface area (Å²) in [7, 11) is 0. The van der Waals surface area contributed by atoms with Gasteiger partial charge in [-0.25, -0.2) is 9.69 Å². The Balaban J connectivity index is 1.56. The van der Waals surface area contributed by atoms with E-state index in [4.69, 9.17) is 10.5 Å². The standard InChI is InChI=1S/C23H18N2O4/c1-13-6-11-17(12-14(13)2)29-23(28)15-7-9-16(10-8-15)25-21(26)18-4-3-5-19(24)20(18)22(25)27/h3-12H,24H2,1-2H3. The highest BCUT2D eigenvalue weighted by molar-refractivity contribution is 6.36. The van der Waals surface area contributed by atoms with Crippen LogP contribution in [-0.2, 0) is 0 Å². The zero-order valence-electron chi connectivity index (χ0n) is 15.9. The van der Waals surface area contributed by atoms with Gasteiger partial charge in [-0.3, -0.25) is 9.59 Å². The fourth-order valence-electron chi connectivity index (χ4n) is 3.24. The fourth-order valence-corrected chi connectivity index (χ4v) is 3.24. The topological polar surface area (TPSA) is 89.7 Å². The van der Waals surface area contributed by atoms with Crippen molar-refractivity contribution >= 4 is 29.2 Å². The van der Waals surface area contributed by atoms with E-state index in [0.29, 0.717) is 17.0 Å². The summed E-state index contributed by atoms with van der Waals surface area (Å²) in [6.07, 6.45) is 0. The number of esters is 1. The molecule has 1 aliphatic rings. The van der Waals surface area contributed by atoms with Crippen molar-refractivity contribution in [1.82, 2.24) is 0 Å². The number of fused-ring (bicyclic) bond motifs is 1. The SMILES string of the molecule is Cc1ccc(OC(=O)c2ccc(N3C(=O)c4cccc(N)c4C3=O)cc2)cc1C. The number of hydrogen-bond acceptors (Lipinski definition) is 5. The minimum atomic E-state index is -0.522. The van der Waals surface area contributed by atoms with Gasteiger partial charge in [0.25, 0.3) is 11.8 Å². The molecule has 0 saturated heterocycles. The van der Waals surface area contributed by atoms with Crippen LogP contribution in [0.2, 0.25) is 0 Å². The van der Waals surface area contributed by atoms with Crippen LogP contribution in [0.3, 0.4) is 0 Å². The lowest BCUT2D eigenvalue weighted by Gasteiger charge is -2.14. The van der Waals surface area contributed by atoms with Gasteiger partial charge < -0.3 is 10.5 Å². The molecule has 4 rings (SSSR count). The van der Waals surface area contributed by atoms with Gasteiger partial charge in [0.2, 0.25) is 0 Å². The summed E-state index contributed by atoms with van der Waals surface area (Å²) in [5.74, 6) is -0.985. The molecule has 6 heteroatoms. The Morgan fingerprint density at radius 2 is 1.62 bits per heavy atom. The van der Waals surface area contributed by atoms with Gasteiger partial charge in [-0.15, -0.1) is 0 Å². The molecular weight excluding hydrogens is 368 g/mol. The van der Waals surface area contributed by atoms with Crippen molar-refractivity contribution < 1.29 is 19.1 Å². The van der Waals surface area contributed by atoms with E-state index in [2.05, 4.69) is 0 Å². The number of hydrogen-bond donors (Lipinski definition) is 1. The number of carbonyl (C=O) groups excluding carboxylic acids is 3. The van der Waals surface area contributed by atoms with Gasteiger partial charge in [0.05, 0.1) is 22.4 Å². The number of anilines is 2. The van der Waals surface area contributed by atoms with Gasteiger partial charge >= 0.3 is 5.97 Å². The molecule has 2 amide bonds. The lowest BCUT2D eigenvalue weighted by molar-refractivity contribution is 0.0734. The first kappa shape index (κ1) is 18.4. The number of rotatable bonds is 3. The van der Waals surface area contributed by atoms with Crippen molar-refractivity contribution in [3.8, 4) is 5.75 Å². The first-order valence-corrected chi connectivity index (χ1v) is 9.03. The highest BCUT2D eigenvalue weighted by Gasteiger charge is 2.38. The smallest absolute Gasteiger partial charge is 0.343 e. The zero-order valence-corrected chi connectivity index (χ0v) is 15.9. The molecule has 6 nitrogen and oxygen atoms in total. The van der Waals surface area contributed by atoms with Crippen LogP contribution in [0.4, 0.5) is 11.4 Å². The van der Waals surface area contributed by atoms with Gasteiger partial charge in [0, 0.05) is 5.69 Å². The molecule has 2 N–H and O–H groups in total. The Morgan fingerprint density at radius 3 is 2.28 bits per heavy atom. The van der Waals surface area contributed by atoms with Crippen LogP contribution >= 0.6 is 0 Å². The molecule has 0 unspecified atom stereocenters. The summed E-state index contributed by atoms with van der Waals surface area (Å²) in [6, 6.07) is 16.3. The van der Waals surface area contributed by atoms with E-state index in [0.717, 1.165) is 16.0 Å². The third kappa shape index (κ3) is 3.14. The van der Waals surface area contributed by atoms with E-state index in [-0.39, 0.29) is 16.8 Å². The Hall–Kier alpha value is -3.93. The Labute approximate surface area is 167 Å². The zero-order chi connectivity index (χ0) is 20.7. The molecule has 0 saturated carbocycles. The van der Waals surface area contributed by atoms with E-state index in [9.17, 15) is 14.4 Å². The maximum Gasteiger partial charge on any atom is 0.343 e. The van der Waals surface area contributed by atoms with Gasteiger partial charge in [-0.1, -0.05) is 12.1 Å². The summed E-state index contributed by atoms with van der Waals surface area (Å²) >= 11 is 0. The van der Waals surface area contributed by atoms with E-state index >= 15 is 0 Å². The molecule has 0 radical (unpaired) electrons. The minimum Gasteiger partial charge on any atom is -0.423 e. The van der Waals surface area contributed by atoms with Crippen molar-refractivity contribution in [3.05, 3.63) is 88.5 Å². The van der Waals surface area contributed by atoms with Gasteiger partial charge in [-0.05, 0) is 73.5 Å². The first-order valence-electron chi connectivity index (χ1n) is 9.03. The molecule has 3 aromatic carbocycles. The number of ether oxygens (including phenoxy) is 1. The van der Waals surface area contributed by atoms with Crippen molar-refractivity contribution in [1.29, 1.82) is 0 Å². The number of amides is 2. The number of carbonyl (C=O) groups is 3. The number of imide groups is 1. The number of benzene rings is 3. The normalized spacial score (nSPS) is 12.8. The average Bonchev–Trinajstić information content (AvgIpc) is 2.96. The van der Waals surface area contributed by atoms with Crippen molar-refractivity contribution in [2.45, 2.75) is 13.8 Å². The predicted octanol–water partition coefficient (Wildman–Crippen LogP) is 3.91. The summed E-state index contributed by atoms with van der Waals surface area (Å²) < 4.78 is 5.41. The quantitative estimate of drug-likeness (QED) is 0.319. The van der Waals surface area contributed by atoms with E-state index in [1.807, 2.05) is 19.9 Å². The number of nitrogens with two attached hydrogens (primary N) is 1. The second-order valence-electron chi connectivity index (χ2n) is 6.90. The first-order chi connectivity index (χ1) is 13.9. The molecule has 144 valence electrons. The molecule has 0 aliphatic carbocycles. The van der Waals surface area contributed by atoms with Crippen LogP contribution in [-0.4, -0.2) is 17.8 Å². The number of aryl methyl sites for hydroxylation is 2. The Kier molecular flexibility index (Phi) is 4.39. The second kappa shape index (κ2) is 6.91. The second-order valence-corrected chi connectivity index (χ2v) is 6.90. The molecular formula is C23H18N2O4. The van der Waals surface area contributed by atoms with Crippen molar-refractivity contribution in [3.63, 3.8) is 0 Å². The molecule has 0 aromatic heterocycles. The van der Waals surface area contributed by atoms with Crippen LogP contribution in [0.25, 0.3) is 0 Å². The number of nitrogens with zero attached hydrogens (tertiary/aromatic N) is 1. The summed E-state index contributed by atoms with van der Waals surface area (Å²) in [5.41, 5.74) is 9.40. The van der Waals surface area contributed by atoms with Gasteiger partial charge in [0.1, 0.15) is 5.75 Å². The molecule has 1 aliphatic heterocycles. The largest absolute Gasteiger partial charge is 0.423 e. The average molecular weight is 386 g/mol. The van der Waals surface area contributed by atoms with Crippen LogP contribution in [0, 0.1) is 13.8 Å². The monoisotopic (exact) mass is 386 g/mol. The third-order valence-electron chi connectivity index (χ3n) is 5.00. The van der Waals surface area contributed by atoms with E-state index < -0.39 is 17.8 Å². The van der Waals surface area contributed by atoms with E-state index in [1.165, 1.54) is 24.3 Å². The molecule has 3 aromatic rings. The maximum absolute atomic E-state index is 12.7. The minimum absolute atomic E-state index is 0.204. The summed E-state index contributed by atoms with van der Waals surface area (Å²) in [4.78, 5) is 38.8. The van der Waals surface area contributed by atoms with Crippen molar-refractivity contribution in [2.75, 3.05) is 10.6 Å². The number of nitrogen functional groups attached to an aromatic ring is 1. The predicted molar refractivity (Wildman–Crippen MR) is 109 cm³/mol. The molecule has 0 atom stereocenters. The highest BCUT2D eigenvalue weighted by atomic mass is 16.5. The van der Waals surface area contributed by atoms with Crippen molar-refractivity contribution in [2.24, 2.45) is 0 Å². The lowest BCUT2D eigenvalue weighted by Crippen LogP contribution is -2.29. The van der Waals surface area contributed by atoms with E-state index in [1.54, 1.807) is 30.3 Å². The molecule has 0 bridgehead atoms. The lowest BCUT2D eigenvalue weighted by atomic mass is 10.1.